The van der Waals surface area contributed by atoms with Gasteiger partial charge in [-0.05, 0) is 26.0 Å². The third-order valence-corrected chi connectivity index (χ3v) is 5.51. The second-order valence-corrected chi connectivity index (χ2v) is 7.71. The van der Waals surface area contributed by atoms with Gasteiger partial charge >= 0.3 is 0 Å². The summed E-state index contributed by atoms with van der Waals surface area (Å²) in [6.07, 6.45) is 0. The molecule has 0 saturated carbocycles. The van der Waals surface area contributed by atoms with Gasteiger partial charge in [-0.25, -0.2) is 18.4 Å². The highest BCUT2D eigenvalue weighted by molar-refractivity contribution is 7.92. The molecule has 3 rings (SSSR count). The van der Waals surface area contributed by atoms with Gasteiger partial charge in [-0.15, -0.1) is 0 Å². The number of hydrogen-bond donors (Lipinski definition) is 1. The van der Waals surface area contributed by atoms with Crippen molar-refractivity contribution >= 4 is 27.3 Å². The molecule has 27 heavy (non-hydrogen) atoms. The topological polar surface area (TPSA) is 128 Å². The fourth-order valence-electron chi connectivity index (χ4n) is 2.69. The molecule has 0 unspecified atom stereocenters. The molecule has 1 aromatic carbocycles. The Hall–Kier alpha value is -2.79. The van der Waals surface area contributed by atoms with E-state index >= 15 is 0 Å². The van der Waals surface area contributed by atoms with Gasteiger partial charge in [0.25, 0.3) is 15.7 Å². The lowest BCUT2D eigenvalue weighted by atomic mass is 10.3. The van der Waals surface area contributed by atoms with E-state index in [2.05, 4.69) is 14.7 Å². The van der Waals surface area contributed by atoms with Crippen LogP contribution in [0.4, 0.5) is 17.3 Å². The van der Waals surface area contributed by atoms with Gasteiger partial charge in [0.2, 0.25) is 5.95 Å². The van der Waals surface area contributed by atoms with Gasteiger partial charge in [0.15, 0.2) is 0 Å². The summed E-state index contributed by atoms with van der Waals surface area (Å²) in [4.78, 5) is 20.9. The van der Waals surface area contributed by atoms with Crippen molar-refractivity contribution in [3.8, 4) is 0 Å². The van der Waals surface area contributed by atoms with E-state index in [1.54, 1.807) is 13.8 Å². The van der Waals surface area contributed by atoms with Crippen LogP contribution >= 0.6 is 0 Å². The van der Waals surface area contributed by atoms with Crippen LogP contribution in [0.1, 0.15) is 11.4 Å². The zero-order valence-corrected chi connectivity index (χ0v) is 15.7. The maximum atomic E-state index is 12.6. The highest BCUT2D eigenvalue weighted by Crippen LogP contribution is 2.25. The van der Waals surface area contributed by atoms with Crippen molar-refractivity contribution < 1.29 is 18.1 Å². The molecule has 11 heteroatoms. The summed E-state index contributed by atoms with van der Waals surface area (Å²) >= 11 is 0. The molecule has 0 atom stereocenters. The van der Waals surface area contributed by atoms with Crippen LogP contribution in [0.3, 0.4) is 0 Å². The predicted octanol–water partition coefficient (Wildman–Crippen LogP) is 1.64. The first-order valence-electron chi connectivity index (χ1n) is 8.23. The van der Waals surface area contributed by atoms with E-state index < -0.39 is 14.9 Å². The highest BCUT2D eigenvalue weighted by atomic mass is 32.2. The van der Waals surface area contributed by atoms with E-state index in [9.17, 15) is 18.5 Å². The molecule has 0 spiro atoms. The third-order valence-electron chi connectivity index (χ3n) is 4.15. The molecule has 1 N–H and O–H groups in total. The molecule has 1 aliphatic rings. The average Bonchev–Trinajstić information content (AvgIpc) is 2.65. The summed E-state index contributed by atoms with van der Waals surface area (Å²) in [6, 6.07) is 4.67. The number of rotatable bonds is 5. The van der Waals surface area contributed by atoms with Crippen LogP contribution in [0.2, 0.25) is 0 Å². The molecular weight excluding hydrogens is 374 g/mol. The minimum absolute atomic E-state index is 0.0795. The Morgan fingerprint density at radius 2 is 1.67 bits per heavy atom. The summed E-state index contributed by atoms with van der Waals surface area (Å²) in [7, 11) is -3.92. The van der Waals surface area contributed by atoms with Crippen LogP contribution in [-0.4, -0.2) is 49.6 Å². The van der Waals surface area contributed by atoms with E-state index in [0.717, 1.165) is 12.1 Å². The number of morpholine rings is 1. The number of nitrogens with zero attached hydrogens (tertiary/aromatic N) is 4. The zero-order chi connectivity index (χ0) is 19.6. The van der Waals surface area contributed by atoms with Crippen LogP contribution in [0.5, 0.6) is 0 Å². The molecule has 1 fully saturated rings. The zero-order valence-electron chi connectivity index (χ0n) is 14.9. The molecule has 144 valence electrons. The van der Waals surface area contributed by atoms with Crippen molar-refractivity contribution in [2.75, 3.05) is 35.9 Å². The monoisotopic (exact) mass is 393 g/mol. The molecule has 10 nitrogen and oxygen atoms in total. The van der Waals surface area contributed by atoms with Gasteiger partial charge in [0.1, 0.15) is 0 Å². The Labute approximate surface area is 156 Å². The van der Waals surface area contributed by atoms with Gasteiger partial charge in [0, 0.05) is 25.2 Å². The summed E-state index contributed by atoms with van der Waals surface area (Å²) in [6.45, 7) is 5.93. The molecule has 1 aromatic heterocycles. The lowest BCUT2D eigenvalue weighted by Crippen LogP contribution is -2.37. The largest absolute Gasteiger partial charge is 0.378 e. The standard InChI is InChI=1S/C16H19N5O5S/c1-11-15(12(2)18-16(17-11)20-7-9-26-10-8-20)19-27(24,25)14-5-3-13(4-6-14)21(22)23/h3-6,19H,7-10H2,1-2H3. The first-order chi connectivity index (χ1) is 12.8. The van der Waals surface area contributed by atoms with Crippen LogP contribution < -0.4 is 9.62 Å². The van der Waals surface area contributed by atoms with Crippen LogP contribution in [-0.2, 0) is 14.8 Å². The van der Waals surface area contributed by atoms with Crippen molar-refractivity contribution in [2.24, 2.45) is 0 Å². The highest BCUT2D eigenvalue weighted by Gasteiger charge is 2.21. The number of aryl methyl sites for hydroxylation is 2. The lowest BCUT2D eigenvalue weighted by molar-refractivity contribution is -0.384. The number of sulfonamides is 1. The van der Waals surface area contributed by atoms with E-state index in [1.165, 1.54) is 12.1 Å². The predicted molar refractivity (Wildman–Crippen MR) is 98.4 cm³/mol. The number of nitro groups is 1. The quantitative estimate of drug-likeness (QED) is 0.600. The number of benzene rings is 1. The van der Waals surface area contributed by atoms with E-state index in [1.807, 2.05) is 4.90 Å². The summed E-state index contributed by atoms with van der Waals surface area (Å²) in [5, 5.41) is 10.7. The lowest BCUT2D eigenvalue weighted by Gasteiger charge is -2.27. The fourth-order valence-corrected chi connectivity index (χ4v) is 3.87. The fraction of sp³-hybridized carbons (Fsp3) is 0.375. The summed E-state index contributed by atoms with van der Waals surface area (Å²) < 4.78 is 33.0. The Balaban J connectivity index is 1.86. The van der Waals surface area contributed by atoms with Gasteiger partial charge in [0.05, 0.1) is 40.1 Å². The normalized spacial score (nSPS) is 14.8. The number of anilines is 2. The van der Waals surface area contributed by atoms with Crippen molar-refractivity contribution in [2.45, 2.75) is 18.7 Å². The number of ether oxygens (including phenoxy) is 1. The third kappa shape index (κ3) is 4.14. The maximum absolute atomic E-state index is 12.6. The van der Waals surface area contributed by atoms with Gasteiger partial charge in [-0.1, -0.05) is 0 Å². The summed E-state index contributed by atoms with van der Waals surface area (Å²) in [5.41, 5.74) is 1.11. The second kappa shape index (κ2) is 7.45. The van der Waals surface area contributed by atoms with Gasteiger partial charge < -0.3 is 9.64 Å². The Kier molecular flexibility index (Phi) is 5.24. The molecule has 0 radical (unpaired) electrons. The molecule has 2 heterocycles. The summed E-state index contributed by atoms with van der Waals surface area (Å²) in [5.74, 6) is 0.534. The van der Waals surface area contributed by atoms with Crippen LogP contribution in [0, 0.1) is 24.0 Å². The Morgan fingerprint density at radius 3 is 2.19 bits per heavy atom. The maximum Gasteiger partial charge on any atom is 0.269 e. The van der Waals surface area contributed by atoms with E-state index in [0.29, 0.717) is 49.3 Å². The minimum atomic E-state index is -3.92. The average molecular weight is 393 g/mol. The van der Waals surface area contributed by atoms with E-state index in [-0.39, 0.29) is 10.6 Å². The van der Waals surface area contributed by atoms with Crippen LogP contribution in [0.15, 0.2) is 29.2 Å². The molecule has 1 saturated heterocycles. The molecule has 1 aliphatic heterocycles. The molecule has 0 aliphatic carbocycles. The smallest absolute Gasteiger partial charge is 0.269 e. The van der Waals surface area contributed by atoms with Crippen molar-refractivity contribution in [1.29, 1.82) is 0 Å². The molecule has 0 amide bonds. The van der Waals surface area contributed by atoms with Crippen LogP contribution in [0.25, 0.3) is 0 Å². The minimum Gasteiger partial charge on any atom is -0.378 e. The molecule has 2 aromatic rings. The number of nitrogens with one attached hydrogen (secondary N) is 1. The Bertz CT molecular complexity index is 933. The number of non-ortho nitro benzene ring substituents is 1. The number of aromatic nitrogens is 2. The first-order valence-corrected chi connectivity index (χ1v) is 9.71. The first kappa shape index (κ1) is 19.0. The van der Waals surface area contributed by atoms with Crippen molar-refractivity contribution in [3.05, 3.63) is 45.8 Å². The molecule has 0 bridgehead atoms. The van der Waals surface area contributed by atoms with E-state index in [4.69, 9.17) is 4.74 Å². The van der Waals surface area contributed by atoms with Crippen molar-refractivity contribution in [1.82, 2.24) is 9.97 Å². The second-order valence-electron chi connectivity index (χ2n) is 6.03. The van der Waals surface area contributed by atoms with Crippen molar-refractivity contribution in [3.63, 3.8) is 0 Å². The molecular formula is C16H19N5O5S. The SMILES string of the molecule is Cc1nc(N2CCOCC2)nc(C)c1NS(=O)(=O)c1ccc([N+](=O)[O-])cc1. The Morgan fingerprint density at radius 1 is 1.11 bits per heavy atom. The number of nitro benzene ring substituents is 1. The number of hydrogen-bond acceptors (Lipinski definition) is 8. The van der Waals surface area contributed by atoms with Gasteiger partial charge in [-0.3, -0.25) is 14.8 Å². The van der Waals surface area contributed by atoms with Gasteiger partial charge in [-0.2, -0.15) is 0 Å².